The Bertz CT molecular complexity index is 208. The molecule has 1 aliphatic carbocycles. The van der Waals surface area contributed by atoms with E-state index in [-0.39, 0.29) is 6.10 Å². The van der Waals surface area contributed by atoms with Crippen molar-refractivity contribution in [2.45, 2.75) is 102 Å². The second kappa shape index (κ2) is 9.65. The molecule has 0 unspecified atom stereocenters. The van der Waals surface area contributed by atoms with Crippen LogP contribution in [0.25, 0.3) is 0 Å². The summed E-state index contributed by atoms with van der Waals surface area (Å²) >= 11 is -2.11. The van der Waals surface area contributed by atoms with E-state index in [0.717, 1.165) is 10.4 Å². The van der Waals surface area contributed by atoms with E-state index in [1.165, 1.54) is 51.4 Å². The van der Waals surface area contributed by atoms with Gasteiger partial charge in [0.05, 0.1) is 0 Å². The van der Waals surface area contributed by atoms with E-state index >= 15 is 0 Å². The molecular formula is C17H36OSn. The van der Waals surface area contributed by atoms with Crippen LogP contribution in [0.4, 0.5) is 0 Å². The van der Waals surface area contributed by atoms with E-state index in [9.17, 15) is 5.11 Å². The molecule has 1 fully saturated rings. The number of aliphatic hydroxyl groups is 1. The van der Waals surface area contributed by atoms with Crippen molar-refractivity contribution in [3.05, 3.63) is 0 Å². The summed E-state index contributed by atoms with van der Waals surface area (Å²) in [5.74, 6) is 0. The number of hydrogen-bond acceptors (Lipinski definition) is 1. The van der Waals surface area contributed by atoms with Crippen LogP contribution in [0.2, 0.25) is 17.2 Å². The zero-order chi connectivity index (χ0) is 14.1. The summed E-state index contributed by atoms with van der Waals surface area (Å²) in [5, 5.41) is 10.5. The van der Waals surface area contributed by atoms with Gasteiger partial charge in [0, 0.05) is 0 Å². The van der Waals surface area contributed by atoms with Gasteiger partial charge in [0.2, 0.25) is 0 Å². The summed E-state index contributed by atoms with van der Waals surface area (Å²) in [7, 11) is 0. The molecule has 0 heterocycles. The number of aliphatic hydroxyl groups excluding tert-OH is 1. The Hall–Kier alpha value is 0.759. The molecular weight excluding hydrogens is 339 g/mol. The molecule has 0 radical (unpaired) electrons. The first-order valence-corrected chi connectivity index (χ1v) is 16.6. The molecule has 2 atom stereocenters. The van der Waals surface area contributed by atoms with Gasteiger partial charge in [-0.25, -0.2) is 0 Å². The standard InChI is InChI=1S/C5H9O.3C4H9.Sn/c6-5-3-1-2-4-5;3*1-3-4-2;/h3,5-6H,1-2,4H2;3*1,3-4H2,2H3;/t5-;;;;/m1..../s1. The quantitative estimate of drug-likeness (QED) is 0.482. The molecule has 1 nitrogen and oxygen atoms in total. The first-order valence-electron chi connectivity index (χ1n) is 8.88. The average molecular weight is 375 g/mol. The molecule has 1 rings (SSSR count). The van der Waals surface area contributed by atoms with Crippen LogP contribution in [0.15, 0.2) is 0 Å². The predicted octanol–water partition coefficient (Wildman–Crippen LogP) is 5.75. The van der Waals surface area contributed by atoms with Gasteiger partial charge in [-0.2, -0.15) is 0 Å². The van der Waals surface area contributed by atoms with Crippen LogP contribution < -0.4 is 0 Å². The molecule has 0 spiro atoms. The minimum absolute atomic E-state index is 0.0846. The van der Waals surface area contributed by atoms with Gasteiger partial charge < -0.3 is 0 Å². The van der Waals surface area contributed by atoms with Gasteiger partial charge in [-0.3, -0.25) is 0 Å². The average Bonchev–Trinajstić information content (AvgIpc) is 2.85. The van der Waals surface area contributed by atoms with E-state index in [4.69, 9.17) is 0 Å². The summed E-state index contributed by atoms with van der Waals surface area (Å²) in [6.07, 6.45) is 12.2. The van der Waals surface area contributed by atoms with Crippen molar-refractivity contribution >= 4 is 18.4 Å². The SMILES string of the molecule is CCC[CH2][Sn]([CH2]CCC)([CH2]CCC)[C@H]1CCC[C@@H]1O. The molecule has 0 saturated heterocycles. The summed E-state index contributed by atoms with van der Waals surface area (Å²) in [4.78, 5) is 0. The molecule has 0 bridgehead atoms. The number of hydrogen-bond donors (Lipinski definition) is 1. The van der Waals surface area contributed by atoms with E-state index < -0.39 is 18.4 Å². The maximum atomic E-state index is 10.5. The molecule has 0 aromatic heterocycles. The Morgan fingerprint density at radius 1 is 0.842 bits per heavy atom. The maximum absolute atomic E-state index is 10.5. The van der Waals surface area contributed by atoms with Crippen molar-refractivity contribution < 1.29 is 5.11 Å². The van der Waals surface area contributed by atoms with Gasteiger partial charge in [0.25, 0.3) is 0 Å². The van der Waals surface area contributed by atoms with E-state index in [2.05, 4.69) is 20.8 Å². The third kappa shape index (κ3) is 5.22. The molecule has 1 aliphatic rings. The molecule has 0 amide bonds. The summed E-state index contributed by atoms with van der Waals surface area (Å²) in [5.41, 5.74) is 0. The zero-order valence-electron chi connectivity index (χ0n) is 13.6. The van der Waals surface area contributed by atoms with Crippen LogP contribution in [-0.4, -0.2) is 29.6 Å². The van der Waals surface area contributed by atoms with E-state index in [0.29, 0.717) is 0 Å². The Morgan fingerprint density at radius 2 is 1.32 bits per heavy atom. The van der Waals surface area contributed by atoms with Crippen molar-refractivity contribution in [3.8, 4) is 0 Å². The second-order valence-electron chi connectivity index (χ2n) is 6.78. The van der Waals surface area contributed by atoms with Gasteiger partial charge in [-0.1, -0.05) is 0 Å². The Kier molecular flexibility index (Phi) is 9.05. The minimum atomic E-state index is -2.11. The molecule has 0 aliphatic heterocycles. The fraction of sp³-hybridized carbons (Fsp3) is 1.00. The molecule has 0 aromatic rings. The van der Waals surface area contributed by atoms with Crippen LogP contribution in [0.5, 0.6) is 0 Å². The summed E-state index contributed by atoms with van der Waals surface area (Å²) < 4.78 is 5.49. The Labute approximate surface area is 125 Å². The molecule has 1 saturated carbocycles. The molecule has 114 valence electrons. The Morgan fingerprint density at radius 3 is 1.63 bits per heavy atom. The molecule has 0 aromatic carbocycles. The topological polar surface area (TPSA) is 20.2 Å². The van der Waals surface area contributed by atoms with Crippen molar-refractivity contribution in [1.82, 2.24) is 0 Å². The van der Waals surface area contributed by atoms with Gasteiger partial charge in [-0.15, -0.1) is 0 Å². The fourth-order valence-corrected chi connectivity index (χ4v) is 23.7. The first kappa shape index (κ1) is 17.8. The van der Waals surface area contributed by atoms with Gasteiger partial charge in [0.15, 0.2) is 0 Å². The normalized spacial score (nSPS) is 24.0. The number of unbranched alkanes of at least 4 members (excludes halogenated alkanes) is 3. The van der Waals surface area contributed by atoms with Crippen LogP contribution >= 0.6 is 0 Å². The predicted molar refractivity (Wildman–Crippen MR) is 88.5 cm³/mol. The molecule has 19 heavy (non-hydrogen) atoms. The van der Waals surface area contributed by atoms with Crippen molar-refractivity contribution in [1.29, 1.82) is 0 Å². The van der Waals surface area contributed by atoms with E-state index in [1.807, 2.05) is 0 Å². The summed E-state index contributed by atoms with van der Waals surface area (Å²) in [6.45, 7) is 7.00. The van der Waals surface area contributed by atoms with Gasteiger partial charge in [0.1, 0.15) is 0 Å². The van der Waals surface area contributed by atoms with Crippen molar-refractivity contribution in [3.63, 3.8) is 0 Å². The van der Waals surface area contributed by atoms with E-state index in [1.54, 1.807) is 13.3 Å². The van der Waals surface area contributed by atoms with Crippen LogP contribution in [0.1, 0.15) is 78.6 Å². The monoisotopic (exact) mass is 376 g/mol. The summed E-state index contributed by atoms with van der Waals surface area (Å²) in [6, 6.07) is 0. The molecule has 2 heteroatoms. The van der Waals surface area contributed by atoms with Gasteiger partial charge in [-0.05, 0) is 0 Å². The Balaban J connectivity index is 2.80. The van der Waals surface area contributed by atoms with Crippen LogP contribution in [-0.2, 0) is 0 Å². The van der Waals surface area contributed by atoms with Crippen LogP contribution in [0.3, 0.4) is 0 Å². The van der Waals surface area contributed by atoms with Gasteiger partial charge >= 0.3 is 125 Å². The zero-order valence-corrected chi connectivity index (χ0v) is 16.4. The van der Waals surface area contributed by atoms with Crippen LogP contribution in [0, 0.1) is 0 Å². The van der Waals surface area contributed by atoms with Crippen molar-refractivity contribution in [2.24, 2.45) is 0 Å². The number of rotatable bonds is 10. The fourth-order valence-electron chi connectivity index (χ4n) is 4.17. The first-order chi connectivity index (χ1) is 9.20. The molecule has 1 N–H and O–H groups in total. The third-order valence-electron chi connectivity index (χ3n) is 5.35. The third-order valence-corrected chi connectivity index (χ3v) is 23.3. The second-order valence-corrected chi connectivity index (χ2v) is 21.0. The van der Waals surface area contributed by atoms with Crippen molar-refractivity contribution in [2.75, 3.05) is 0 Å².